The molecular weight excluding hydrogens is 238 g/mol. The summed E-state index contributed by atoms with van der Waals surface area (Å²) in [6.07, 6.45) is 1.52. The van der Waals surface area contributed by atoms with Crippen molar-refractivity contribution in [3.8, 4) is 0 Å². The van der Waals surface area contributed by atoms with Gasteiger partial charge in [-0.1, -0.05) is 11.6 Å². The van der Waals surface area contributed by atoms with Crippen LogP contribution in [0.25, 0.3) is 6.08 Å². The van der Waals surface area contributed by atoms with Crippen LogP contribution < -0.4 is 5.90 Å². The number of fused-ring (bicyclic) bond motifs is 1. The van der Waals surface area contributed by atoms with Crippen molar-refractivity contribution in [3.63, 3.8) is 0 Å². The van der Waals surface area contributed by atoms with E-state index >= 15 is 0 Å². The maximum atomic E-state index is 11.8. The average molecular weight is 246 g/mol. The van der Waals surface area contributed by atoms with Crippen LogP contribution in [0.5, 0.6) is 0 Å². The Hall–Kier alpha value is -0.880. The number of benzene rings is 1. The lowest BCUT2D eigenvalue weighted by Gasteiger charge is -2.01. The second-order valence-corrected chi connectivity index (χ2v) is 5.51. The molecule has 2 rings (SSSR count). The van der Waals surface area contributed by atoms with E-state index in [9.17, 15) is 8.42 Å². The van der Waals surface area contributed by atoms with Crippen molar-refractivity contribution in [1.82, 2.24) is 0 Å². The summed E-state index contributed by atoms with van der Waals surface area (Å²) in [7, 11) is -3.43. The van der Waals surface area contributed by atoms with Gasteiger partial charge in [-0.2, -0.15) is 0 Å². The fraction of sp³-hybridized carbons (Fsp3) is 0.111. The van der Waals surface area contributed by atoms with Crippen LogP contribution in [-0.4, -0.2) is 15.0 Å². The maximum Gasteiger partial charge on any atom is 0.205 e. The predicted octanol–water partition coefficient (Wildman–Crippen LogP) is 1.36. The summed E-state index contributed by atoms with van der Waals surface area (Å²) in [6.45, 7) is -0.130. The van der Waals surface area contributed by atoms with Gasteiger partial charge in [0.1, 0.15) is 6.61 Å². The van der Waals surface area contributed by atoms with Crippen molar-refractivity contribution >= 4 is 27.5 Å². The van der Waals surface area contributed by atoms with Gasteiger partial charge in [-0.15, -0.1) is 0 Å². The lowest BCUT2D eigenvalue weighted by molar-refractivity contribution is 0.166. The first-order chi connectivity index (χ1) is 7.05. The van der Waals surface area contributed by atoms with Gasteiger partial charge in [-0.3, -0.25) is 4.84 Å². The zero-order valence-electron chi connectivity index (χ0n) is 7.60. The molecule has 0 saturated heterocycles. The molecule has 0 atom stereocenters. The fourth-order valence-corrected chi connectivity index (χ4v) is 3.11. The molecule has 0 spiro atoms. The SMILES string of the molecule is NOCC1=Cc2cc(Cl)ccc2S1(=O)=O. The topological polar surface area (TPSA) is 69.4 Å². The fourth-order valence-electron chi connectivity index (χ4n) is 1.47. The summed E-state index contributed by atoms with van der Waals surface area (Å²) < 4.78 is 23.7. The van der Waals surface area contributed by atoms with Crippen LogP contribution >= 0.6 is 11.6 Å². The Bertz CT molecular complexity index is 536. The van der Waals surface area contributed by atoms with E-state index in [0.29, 0.717) is 10.6 Å². The molecule has 0 amide bonds. The molecule has 0 radical (unpaired) electrons. The van der Waals surface area contributed by atoms with Crippen LogP contribution in [0.15, 0.2) is 28.0 Å². The Kier molecular flexibility index (Phi) is 2.56. The van der Waals surface area contributed by atoms with Crippen molar-refractivity contribution in [2.45, 2.75) is 4.90 Å². The number of hydrogen-bond donors (Lipinski definition) is 1. The third-order valence-corrected chi connectivity index (χ3v) is 4.26. The molecule has 0 aliphatic carbocycles. The molecule has 1 heterocycles. The highest BCUT2D eigenvalue weighted by Crippen LogP contribution is 2.34. The summed E-state index contributed by atoms with van der Waals surface area (Å²) in [6, 6.07) is 4.61. The summed E-state index contributed by atoms with van der Waals surface area (Å²) in [5.74, 6) is 4.86. The quantitative estimate of drug-likeness (QED) is 0.799. The van der Waals surface area contributed by atoms with Crippen molar-refractivity contribution in [2.24, 2.45) is 5.90 Å². The van der Waals surface area contributed by atoms with Crippen LogP contribution in [0, 0.1) is 0 Å². The smallest absolute Gasteiger partial charge is 0.205 e. The summed E-state index contributed by atoms with van der Waals surface area (Å²) in [4.78, 5) is 4.75. The van der Waals surface area contributed by atoms with Crippen molar-refractivity contribution in [1.29, 1.82) is 0 Å². The Morgan fingerprint density at radius 1 is 1.40 bits per heavy atom. The number of nitrogens with two attached hydrogens (primary N) is 1. The average Bonchev–Trinajstić information content (AvgIpc) is 2.39. The molecule has 4 nitrogen and oxygen atoms in total. The molecule has 1 aromatic carbocycles. The number of halogens is 1. The molecule has 6 heteroatoms. The highest BCUT2D eigenvalue weighted by molar-refractivity contribution is 7.95. The minimum absolute atomic E-state index is 0.130. The molecule has 0 fully saturated rings. The second-order valence-electron chi connectivity index (χ2n) is 3.11. The van der Waals surface area contributed by atoms with E-state index in [1.54, 1.807) is 6.07 Å². The maximum absolute atomic E-state index is 11.8. The monoisotopic (exact) mass is 245 g/mol. The standard InChI is InChI=1S/C9H8ClNO3S/c10-7-1-2-9-6(3-7)4-8(5-14-11)15(9,12)13/h1-4H,5,11H2. The second kappa shape index (κ2) is 3.61. The van der Waals surface area contributed by atoms with E-state index in [-0.39, 0.29) is 16.4 Å². The molecule has 15 heavy (non-hydrogen) atoms. The normalized spacial score (nSPS) is 17.3. The molecule has 1 aliphatic rings. The lowest BCUT2D eigenvalue weighted by atomic mass is 10.2. The Morgan fingerprint density at radius 2 is 2.13 bits per heavy atom. The zero-order valence-corrected chi connectivity index (χ0v) is 9.18. The number of hydrogen-bond acceptors (Lipinski definition) is 4. The Morgan fingerprint density at radius 3 is 2.80 bits per heavy atom. The molecule has 80 valence electrons. The number of rotatable bonds is 2. The molecule has 2 N–H and O–H groups in total. The highest BCUT2D eigenvalue weighted by Gasteiger charge is 2.29. The van der Waals surface area contributed by atoms with Crippen LogP contribution in [-0.2, 0) is 14.7 Å². The van der Waals surface area contributed by atoms with Gasteiger partial charge in [0.05, 0.1) is 9.80 Å². The molecule has 0 saturated carbocycles. The Balaban J connectivity index is 2.58. The van der Waals surface area contributed by atoms with E-state index in [4.69, 9.17) is 17.5 Å². The predicted molar refractivity (Wildman–Crippen MR) is 56.8 cm³/mol. The molecule has 1 aliphatic heterocycles. The first-order valence-electron chi connectivity index (χ1n) is 4.12. The summed E-state index contributed by atoms with van der Waals surface area (Å²) in [5.41, 5.74) is 0.578. The van der Waals surface area contributed by atoms with Gasteiger partial charge in [0, 0.05) is 5.02 Å². The van der Waals surface area contributed by atoms with Gasteiger partial charge in [0.2, 0.25) is 9.84 Å². The number of sulfone groups is 1. The van der Waals surface area contributed by atoms with Crippen molar-refractivity contribution in [2.75, 3.05) is 6.61 Å². The van der Waals surface area contributed by atoms with Crippen LogP contribution in [0.3, 0.4) is 0 Å². The summed E-state index contributed by atoms with van der Waals surface area (Å²) >= 11 is 5.76. The molecule has 0 aromatic heterocycles. The molecule has 0 bridgehead atoms. The first-order valence-corrected chi connectivity index (χ1v) is 5.99. The van der Waals surface area contributed by atoms with E-state index in [1.807, 2.05) is 0 Å². The van der Waals surface area contributed by atoms with Gasteiger partial charge < -0.3 is 0 Å². The molecular formula is C9H8ClNO3S. The zero-order chi connectivity index (χ0) is 11.1. The van der Waals surface area contributed by atoms with E-state index in [1.165, 1.54) is 18.2 Å². The van der Waals surface area contributed by atoms with Gasteiger partial charge in [0.15, 0.2) is 0 Å². The third kappa shape index (κ3) is 1.68. The van der Waals surface area contributed by atoms with E-state index < -0.39 is 9.84 Å². The van der Waals surface area contributed by atoms with Crippen LogP contribution in [0.1, 0.15) is 5.56 Å². The van der Waals surface area contributed by atoms with Gasteiger partial charge >= 0.3 is 0 Å². The minimum Gasteiger partial charge on any atom is -0.299 e. The molecule has 1 aromatic rings. The van der Waals surface area contributed by atoms with E-state index in [2.05, 4.69) is 4.84 Å². The van der Waals surface area contributed by atoms with Crippen molar-refractivity contribution < 1.29 is 13.3 Å². The van der Waals surface area contributed by atoms with E-state index in [0.717, 1.165) is 0 Å². The van der Waals surface area contributed by atoms with Crippen LogP contribution in [0.4, 0.5) is 0 Å². The van der Waals surface area contributed by atoms with Crippen LogP contribution in [0.2, 0.25) is 5.02 Å². The molecule has 0 unspecified atom stereocenters. The van der Waals surface area contributed by atoms with Crippen molar-refractivity contribution in [3.05, 3.63) is 33.7 Å². The highest BCUT2D eigenvalue weighted by atomic mass is 35.5. The van der Waals surface area contributed by atoms with Gasteiger partial charge in [0.25, 0.3) is 0 Å². The largest absolute Gasteiger partial charge is 0.299 e. The minimum atomic E-state index is -3.43. The third-order valence-electron chi connectivity index (χ3n) is 2.15. The first kappa shape index (κ1) is 10.6. The van der Waals surface area contributed by atoms with Gasteiger partial charge in [-0.25, -0.2) is 14.3 Å². The summed E-state index contributed by atoms with van der Waals surface area (Å²) in [5, 5.41) is 0.495. The lowest BCUT2D eigenvalue weighted by Crippen LogP contribution is -2.09. The Labute approximate surface area is 92.2 Å². The van der Waals surface area contributed by atoms with Gasteiger partial charge in [-0.05, 0) is 29.8 Å².